The van der Waals surface area contributed by atoms with E-state index in [2.05, 4.69) is 66.0 Å². The smallest absolute Gasteiger partial charge is 0.137 e. The average Bonchev–Trinajstić information content (AvgIpc) is 2.50. The summed E-state index contributed by atoms with van der Waals surface area (Å²) < 4.78 is 15.3. The molecule has 0 bridgehead atoms. The molecule has 3 rings (SSSR count). The van der Waals surface area contributed by atoms with Crippen molar-refractivity contribution in [2.75, 3.05) is 0 Å². The van der Waals surface area contributed by atoms with Crippen molar-refractivity contribution in [2.45, 2.75) is 4.83 Å². The molecule has 21 heavy (non-hydrogen) atoms. The molecular formula is C17H10Br3F. The number of rotatable bonds is 2. The van der Waals surface area contributed by atoms with Gasteiger partial charge in [-0.3, -0.25) is 0 Å². The molecule has 0 aliphatic heterocycles. The number of alkyl halides is 1. The molecule has 4 heteroatoms. The lowest BCUT2D eigenvalue weighted by Gasteiger charge is -2.15. The van der Waals surface area contributed by atoms with E-state index in [1.54, 1.807) is 12.1 Å². The summed E-state index contributed by atoms with van der Waals surface area (Å²) in [5.74, 6) is -0.252. The summed E-state index contributed by atoms with van der Waals surface area (Å²) in [6.07, 6.45) is 0. The van der Waals surface area contributed by atoms with Crippen molar-refractivity contribution in [3.05, 3.63) is 80.5 Å². The molecule has 3 aromatic carbocycles. The normalized spacial score (nSPS) is 12.6. The monoisotopic (exact) mass is 470 g/mol. The highest BCUT2D eigenvalue weighted by Crippen LogP contribution is 2.38. The SMILES string of the molecule is Fc1cc(C(Br)c2ccc(Br)c3ccccc23)ccc1Br. The Kier molecular flexibility index (Phi) is 4.48. The second-order valence-electron chi connectivity index (χ2n) is 4.72. The molecule has 1 atom stereocenters. The van der Waals surface area contributed by atoms with Crippen LogP contribution in [0.1, 0.15) is 16.0 Å². The summed E-state index contributed by atoms with van der Waals surface area (Å²) >= 11 is 10.5. The fourth-order valence-corrected chi connectivity index (χ4v) is 3.76. The first-order valence-electron chi connectivity index (χ1n) is 6.34. The molecule has 0 saturated carbocycles. The molecule has 0 radical (unpaired) electrons. The molecule has 106 valence electrons. The summed E-state index contributed by atoms with van der Waals surface area (Å²) in [5, 5.41) is 2.30. The molecule has 0 aliphatic rings. The van der Waals surface area contributed by atoms with Gasteiger partial charge in [0.15, 0.2) is 0 Å². The zero-order chi connectivity index (χ0) is 15.0. The average molecular weight is 473 g/mol. The molecule has 0 heterocycles. The first-order chi connectivity index (χ1) is 10.1. The summed E-state index contributed by atoms with van der Waals surface area (Å²) in [6.45, 7) is 0. The highest BCUT2D eigenvalue weighted by Gasteiger charge is 2.15. The van der Waals surface area contributed by atoms with Crippen LogP contribution in [0.2, 0.25) is 0 Å². The van der Waals surface area contributed by atoms with E-state index in [-0.39, 0.29) is 10.6 Å². The minimum atomic E-state index is -0.252. The zero-order valence-corrected chi connectivity index (χ0v) is 15.5. The maximum atomic E-state index is 13.8. The number of hydrogen-bond donors (Lipinski definition) is 0. The second-order valence-corrected chi connectivity index (χ2v) is 7.34. The minimum Gasteiger partial charge on any atom is -0.206 e. The first kappa shape index (κ1) is 15.2. The number of hydrogen-bond acceptors (Lipinski definition) is 0. The molecule has 0 fully saturated rings. The largest absolute Gasteiger partial charge is 0.206 e. The molecule has 0 aromatic heterocycles. The lowest BCUT2D eigenvalue weighted by atomic mass is 9.98. The third-order valence-electron chi connectivity index (χ3n) is 3.41. The van der Waals surface area contributed by atoms with Gasteiger partial charge in [-0.2, -0.15) is 0 Å². The Hall–Kier alpha value is -0.710. The van der Waals surface area contributed by atoms with Crippen molar-refractivity contribution in [1.29, 1.82) is 0 Å². The van der Waals surface area contributed by atoms with Crippen LogP contribution in [-0.2, 0) is 0 Å². The number of benzene rings is 3. The lowest BCUT2D eigenvalue weighted by molar-refractivity contribution is 0.619. The Morgan fingerprint density at radius 3 is 2.19 bits per heavy atom. The highest BCUT2D eigenvalue weighted by atomic mass is 79.9. The van der Waals surface area contributed by atoms with Crippen LogP contribution in [0.3, 0.4) is 0 Å². The van der Waals surface area contributed by atoms with E-state index in [1.165, 1.54) is 0 Å². The van der Waals surface area contributed by atoms with Crippen molar-refractivity contribution >= 4 is 58.6 Å². The predicted octanol–water partition coefficient (Wildman–Crippen LogP) is 6.99. The molecule has 1 unspecified atom stereocenters. The summed E-state index contributed by atoms with van der Waals surface area (Å²) in [4.78, 5) is -0.0573. The van der Waals surface area contributed by atoms with Crippen molar-refractivity contribution in [1.82, 2.24) is 0 Å². The van der Waals surface area contributed by atoms with Crippen molar-refractivity contribution in [3.8, 4) is 0 Å². The molecule has 3 aromatic rings. The maximum absolute atomic E-state index is 13.8. The van der Waals surface area contributed by atoms with Gasteiger partial charge in [-0.05, 0) is 56.0 Å². The first-order valence-corrected chi connectivity index (χ1v) is 8.84. The van der Waals surface area contributed by atoms with Crippen LogP contribution < -0.4 is 0 Å². The van der Waals surface area contributed by atoms with E-state index in [9.17, 15) is 4.39 Å². The Labute approximate surface area is 147 Å². The van der Waals surface area contributed by atoms with Gasteiger partial charge in [-0.15, -0.1) is 0 Å². The van der Waals surface area contributed by atoms with Gasteiger partial charge in [0.2, 0.25) is 0 Å². The third kappa shape index (κ3) is 2.94. The van der Waals surface area contributed by atoms with E-state index in [0.29, 0.717) is 4.47 Å². The van der Waals surface area contributed by atoms with Crippen LogP contribution in [0.15, 0.2) is 63.5 Å². The fraction of sp³-hybridized carbons (Fsp3) is 0.0588. The van der Waals surface area contributed by atoms with E-state index in [4.69, 9.17) is 0 Å². The van der Waals surface area contributed by atoms with E-state index in [1.807, 2.05) is 24.3 Å². The Bertz CT molecular complexity index is 814. The lowest BCUT2D eigenvalue weighted by Crippen LogP contribution is -1.95. The van der Waals surface area contributed by atoms with Gasteiger partial charge < -0.3 is 0 Å². The molecule has 0 N–H and O–H groups in total. The predicted molar refractivity (Wildman–Crippen MR) is 96.5 cm³/mol. The molecule has 0 saturated heterocycles. The molecule has 0 spiro atoms. The van der Waals surface area contributed by atoms with Crippen molar-refractivity contribution < 1.29 is 4.39 Å². The highest BCUT2D eigenvalue weighted by molar-refractivity contribution is 9.11. The number of halogens is 4. The molecular weight excluding hydrogens is 463 g/mol. The van der Waals surface area contributed by atoms with E-state index in [0.717, 1.165) is 26.4 Å². The van der Waals surface area contributed by atoms with E-state index >= 15 is 0 Å². The van der Waals surface area contributed by atoms with Crippen molar-refractivity contribution in [3.63, 3.8) is 0 Å². The molecule has 0 aliphatic carbocycles. The topological polar surface area (TPSA) is 0 Å². The van der Waals surface area contributed by atoms with Gasteiger partial charge in [0.1, 0.15) is 5.82 Å². The van der Waals surface area contributed by atoms with Crippen LogP contribution in [0.25, 0.3) is 10.8 Å². The van der Waals surface area contributed by atoms with Gasteiger partial charge >= 0.3 is 0 Å². The second kappa shape index (κ2) is 6.19. The van der Waals surface area contributed by atoms with Crippen LogP contribution >= 0.6 is 47.8 Å². The van der Waals surface area contributed by atoms with Gasteiger partial charge in [0.05, 0.1) is 9.30 Å². The van der Waals surface area contributed by atoms with Gasteiger partial charge in [0.25, 0.3) is 0 Å². The molecule has 0 nitrogen and oxygen atoms in total. The van der Waals surface area contributed by atoms with Crippen LogP contribution in [0, 0.1) is 5.82 Å². The van der Waals surface area contributed by atoms with E-state index < -0.39 is 0 Å². The van der Waals surface area contributed by atoms with Crippen LogP contribution in [0.5, 0.6) is 0 Å². The standard InChI is InChI=1S/C17H10Br3F/c18-14-8-6-13(11-3-1-2-4-12(11)14)17(20)10-5-7-15(19)16(21)9-10/h1-9,17H. The Morgan fingerprint density at radius 2 is 1.48 bits per heavy atom. The Balaban J connectivity index is 2.15. The zero-order valence-electron chi connectivity index (χ0n) is 10.8. The molecule has 0 amide bonds. The van der Waals surface area contributed by atoms with Gasteiger partial charge in [0, 0.05) is 4.47 Å². The summed E-state index contributed by atoms with van der Waals surface area (Å²) in [7, 11) is 0. The Morgan fingerprint density at radius 1 is 0.810 bits per heavy atom. The summed E-state index contributed by atoms with van der Waals surface area (Å²) in [6, 6.07) is 17.5. The minimum absolute atomic E-state index is 0.0573. The third-order valence-corrected chi connectivity index (χ3v) is 5.77. The van der Waals surface area contributed by atoms with Crippen LogP contribution in [-0.4, -0.2) is 0 Å². The van der Waals surface area contributed by atoms with Gasteiger partial charge in [-0.1, -0.05) is 68.3 Å². The van der Waals surface area contributed by atoms with Crippen LogP contribution in [0.4, 0.5) is 4.39 Å². The fourth-order valence-electron chi connectivity index (χ4n) is 2.36. The number of fused-ring (bicyclic) bond motifs is 1. The summed E-state index contributed by atoms with van der Waals surface area (Å²) in [5.41, 5.74) is 2.01. The van der Waals surface area contributed by atoms with Crippen molar-refractivity contribution in [2.24, 2.45) is 0 Å². The maximum Gasteiger partial charge on any atom is 0.137 e. The quantitative estimate of drug-likeness (QED) is 0.353. The van der Waals surface area contributed by atoms with Gasteiger partial charge in [-0.25, -0.2) is 4.39 Å².